The SMILES string of the molecule is C[C@H]1C/C(=C/c2ccco2)c2nc3ccccc3c(C(=O)OCC(=O)C(C)(C)C)c2C1. The van der Waals surface area contributed by atoms with Crippen molar-refractivity contribution >= 4 is 34.3 Å². The Bertz CT molecular complexity index is 1170. The lowest BCUT2D eigenvalue weighted by atomic mass is 9.81. The smallest absolute Gasteiger partial charge is 0.339 e. The highest BCUT2D eigenvalue weighted by Gasteiger charge is 2.30. The molecule has 0 bridgehead atoms. The monoisotopic (exact) mass is 417 g/mol. The number of ketones is 1. The zero-order valence-corrected chi connectivity index (χ0v) is 18.4. The lowest BCUT2D eigenvalue weighted by Gasteiger charge is -2.26. The minimum absolute atomic E-state index is 0.111. The van der Waals surface area contributed by atoms with Crippen LogP contribution in [0.15, 0.2) is 47.1 Å². The molecule has 0 aliphatic heterocycles. The molecule has 1 aromatic carbocycles. The number of furan rings is 1. The van der Waals surface area contributed by atoms with Gasteiger partial charge < -0.3 is 9.15 Å². The fourth-order valence-corrected chi connectivity index (χ4v) is 3.93. The first kappa shape index (κ1) is 21.0. The topological polar surface area (TPSA) is 69.4 Å². The first-order chi connectivity index (χ1) is 14.7. The van der Waals surface area contributed by atoms with Crippen LogP contribution in [0.25, 0.3) is 22.6 Å². The van der Waals surface area contributed by atoms with Gasteiger partial charge in [-0.3, -0.25) is 4.79 Å². The standard InChI is InChI=1S/C26H27NO4/c1-16-12-17(14-18-8-7-11-30-18)24-20(13-16)23(19-9-5-6-10-21(19)27-24)25(29)31-15-22(28)26(2,3)4/h5-11,14,16H,12-13,15H2,1-4H3/b17-14-/t16-/m0/s1. The maximum Gasteiger partial charge on any atom is 0.339 e. The van der Waals surface area contributed by atoms with Crippen LogP contribution in [-0.4, -0.2) is 23.3 Å². The summed E-state index contributed by atoms with van der Waals surface area (Å²) in [7, 11) is 0. The van der Waals surface area contributed by atoms with Gasteiger partial charge in [0.15, 0.2) is 12.4 Å². The largest absolute Gasteiger partial charge is 0.465 e. The number of hydrogen-bond donors (Lipinski definition) is 0. The molecule has 4 rings (SSSR count). The second-order valence-electron chi connectivity index (χ2n) is 9.28. The first-order valence-corrected chi connectivity index (χ1v) is 10.6. The number of allylic oxidation sites excluding steroid dienone is 1. The van der Waals surface area contributed by atoms with Gasteiger partial charge in [0.1, 0.15) is 5.76 Å². The molecule has 2 heterocycles. The van der Waals surface area contributed by atoms with E-state index in [-0.39, 0.29) is 12.4 Å². The minimum atomic E-state index is -0.562. The van der Waals surface area contributed by atoms with Crippen molar-refractivity contribution in [2.45, 2.75) is 40.5 Å². The highest BCUT2D eigenvalue weighted by atomic mass is 16.5. The Morgan fingerprint density at radius 1 is 1.16 bits per heavy atom. The molecule has 5 nitrogen and oxygen atoms in total. The molecule has 0 spiro atoms. The molecule has 0 unspecified atom stereocenters. The van der Waals surface area contributed by atoms with Gasteiger partial charge in [-0.2, -0.15) is 0 Å². The van der Waals surface area contributed by atoms with Crippen LogP contribution in [0, 0.1) is 11.3 Å². The molecule has 0 amide bonds. The summed E-state index contributed by atoms with van der Waals surface area (Å²) >= 11 is 0. The fraction of sp³-hybridized carbons (Fsp3) is 0.346. The normalized spacial score (nSPS) is 17.5. The van der Waals surface area contributed by atoms with Crippen molar-refractivity contribution in [1.82, 2.24) is 4.98 Å². The number of benzene rings is 1. The molecule has 0 N–H and O–H groups in total. The first-order valence-electron chi connectivity index (χ1n) is 10.6. The molecule has 31 heavy (non-hydrogen) atoms. The number of nitrogens with zero attached hydrogens (tertiary/aromatic N) is 1. The van der Waals surface area contributed by atoms with Crippen molar-refractivity contribution in [3.05, 3.63) is 65.2 Å². The summed E-state index contributed by atoms with van der Waals surface area (Å²) in [6.07, 6.45) is 5.20. The van der Waals surface area contributed by atoms with Gasteiger partial charge in [-0.1, -0.05) is 45.9 Å². The number of fused-ring (bicyclic) bond motifs is 2. The van der Waals surface area contributed by atoms with Gasteiger partial charge in [0, 0.05) is 10.8 Å². The zero-order valence-electron chi connectivity index (χ0n) is 18.4. The number of carbonyl (C=O) groups excluding carboxylic acids is 2. The molecular weight excluding hydrogens is 390 g/mol. The molecule has 0 radical (unpaired) electrons. The molecule has 0 saturated heterocycles. The number of ether oxygens (including phenoxy) is 1. The number of rotatable bonds is 4. The quantitative estimate of drug-likeness (QED) is 0.508. The van der Waals surface area contributed by atoms with Crippen LogP contribution in [0.5, 0.6) is 0 Å². The van der Waals surface area contributed by atoms with Gasteiger partial charge in [0.2, 0.25) is 0 Å². The van der Waals surface area contributed by atoms with E-state index in [9.17, 15) is 9.59 Å². The van der Waals surface area contributed by atoms with Crippen molar-refractivity contribution in [3.8, 4) is 0 Å². The molecule has 2 aromatic heterocycles. The summed E-state index contributed by atoms with van der Waals surface area (Å²) in [4.78, 5) is 30.5. The third kappa shape index (κ3) is 4.31. The van der Waals surface area contributed by atoms with Crippen molar-refractivity contribution in [3.63, 3.8) is 0 Å². The van der Waals surface area contributed by atoms with Gasteiger partial charge in [0.25, 0.3) is 0 Å². The molecule has 1 aliphatic rings. The molecule has 160 valence electrons. The van der Waals surface area contributed by atoms with Crippen molar-refractivity contribution in [2.24, 2.45) is 11.3 Å². The van der Waals surface area contributed by atoms with Crippen LogP contribution in [0.2, 0.25) is 0 Å². The van der Waals surface area contributed by atoms with E-state index in [0.717, 1.165) is 46.3 Å². The zero-order chi connectivity index (χ0) is 22.2. The van der Waals surface area contributed by atoms with Crippen LogP contribution < -0.4 is 0 Å². The summed E-state index contributed by atoms with van der Waals surface area (Å²) in [5.41, 5.74) is 3.41. The van der Waals surface area contributed by atoms with E-state index in [0.29, 0.717) is 11.5 Å². The Balaban J connectivity index is 1.82. The number of aromatic nitrogens is 1. The summed E-state index contributed by atoms with van der Waals surface area (Å²) < 4.78 is 11.0. The van der Waals surface area contributed by atoms with Crippen molar-refractivity contribution in [1.29, 1.82) is 0 Å². The van der Waals surface area contributed by atoms with Gasteiger partial charge >= 0.3 is 5.97 Å². The van der Waals surface area contributed by atoms with Crippen LogP contribution >= 0.6 is 0 Å². The molecule has 5 heteroatoms. The van der Waals surface area contributed by atoms with E-state index in [1.807, 2.05) is 63.2 Å². The third-order valence-corrected chi connectivity index (χ3v) is 5.65. The maximum atomic E-state index is 13.3. The second kappa shape index (κ2) is 8.14. The molecule has 0 fully saturated rings. The van der Waals surface area contributed by atoms with Crippen molar-refractivity contribution < 1.29 is 18.7 Å². The average Bonchev–Trinajstić information content (AvgIpc) is 3.22. The maximum absolute atomic E-state index is 13.3. The van der Waals surface area contributed by atoms with Crippen molar-refractivity contribution in [2.75, 3.05) is 6.61 Å². The van der Waals surface area contributed by atoms with E-state index < -0.39 is 11.4 Å². The van der Waals surface area contributed by atoms with Crippen LogP contribution in [0.4, 0.5) is 0 Å². The van der Waals surface area contributed by atoms with Gasteiger partial charge in [-0.25, -0.2) is 9.78 Å². The van der Waals surface area contributed by atoms with E-state index in [1.165, 1.54) is 0 Å². The third-order valence-electron chi connectivity index (χ3n) is 5.65. The van der Waals surface area contributed by atoms with Crippen LogP contribution in [-0.2, 0) is 16.0 Å². The Kier molecular flexibility index (Phi) is 5.52. The highest BCUT2D eigenvalue weighted by Crippen LogP contribution is 2.38. The Labute approximate surface area is 182 Å². The number of para-hydroxylation sites is 1. The van der Waals surface area contributed by atoms with E-state index in [2.05, 4.69) is 6.92 Å². The second-order valence-corrected chi connectivity index (χ2v) is 9.28. The molecule has 0 saturated carbocycles. The number of Topliss-reactive ketones (excluding diaryl/α,β-unsaturated/α-hetero) is 1. The lowest BCUT2D eigenvalue weighted by molar-refractivity contribution is -0.129. The number of hydrogen-bond acceptors (Lipinski definition) is 5. The van der Waals surface area contributed by atoms with E-state index >= 15 is 0 Å². The summed E-state index contributed by atoms with van der Waals surface area (Å²) in [5, 5.41) is 0.751. The van der Waals surface area contributed by atoms with Gasteiger partial charge in [-0.05, 0) is 54.2 Å². The lowest BCUT2D eigenvalue weighted by Crippen LogP contribution is -2.27. The Hall–Kier alpha value is -3.21. The Morgan fingerprint density at radius 3 is 2.65 bits per heavy atom. The van der Waals surface area contributed by atoms with E-state index in [4.69, 9.17) is 14.1 Å². The molecule has 1 atom stereocenters. The number of carbonyl (C=O) groups is 2. The van der Waals surface area contributed by atoms with Crippen LogP contribution in [0.1, 0.15) is 61.5 Å². The molecule has 1 aliphatic carbocycles. The predicted molar refractivity (Wildman–Crippen MR) is 121 cm³/mol. The average molecular weight is 418 g/mol. The summed E-state index contributed by atoms with van der Waals surface area (Å²) in [6.45, 7) is 7.38. The van der Waals surface area contributed by atoms with E-state index in [1.54, 1.807) is 6.26 Å². The fourth-order valence-electron chi connectivity index (χ4n) is 3.93. The summed E-state index contributed by atoms with van der Waals surface area (Å²) in [5.74, 6) is 0.503. The van der Waals surface area contributed by atoms with Gasteiger partial charge in [0.05, 0.1) is 23.0 Å². The summed E-state index contributed by atoms with van der Waals surface area (Å²) in [6, 6.07) is 11.3. The highest BCUT2D eigenvalue weighted by molar-refractivity contribution is 6.07. The van der Waals surface area contributed by atoms with Gasteiger partial charge in [-0.15, -0.1) is 0 Å². The van der Waals surface area contributed by atoms with Crippen LogP contribution in [0.3, 0.4) is 0 Å². The predicted octanol–water partition coefficient (Wildman–Crippen LogP) is 5.72. The molecular formula is C26H27NO4. The minimum Gasteiger partial charge on any atom is -0.465 e. The number of esters is 1. The molecule has 3 aromatic rings. The Morgan fingerprint density at radius 2 is 1.94 bits per heavy atom. The number of pyridine rings is 1.